The first-order chi connectivity index (χ1) is 39.5. The summed E-state index contributed by atoms with van der Waals surface area (Å²) in [7, 11) is 1.53. The quantitative estimate of drug-likeness (QED) is 0.0243. The minimum atomic E-state index is -4.38. The Balaban J connectivity index is 4.23. The average Bonchev–Trinajstić information content (AvgIpc) is 3.43. The second-order valence-corrected chi connectivity index (χ2v) is 24.9. The number of aliphatic hydroxyl groups is 1. The van der Waals surface area contributed by atoms with Crippen molar-refractivity contribution in [2.75, 3.05) is 40.9 Å². The molecule has 0 saturated carbocycles. The van der Waals surface area contributed by atoms with Crippen molar-refractivity contribution in [3.63, 3.8) is 0 Å². The predicted molar refractivity (Wildman–Crippen MR) is 355 cm³/mol. The number of quaternary nitrogens is 1. The number of carbonyl (C=O) groups is 1. The molecule has 466 valence electrons. The summed E-state index contributed by atoms with van der Waals surface area (Å²) >= 11 is 0. The molecule has 3 N–H and O–H groups in total. The Morgan fingerprint density at radius 2 is 0.753 bits per heavy atom. The van der Waals surface area contributed by atoms with Crippen LogP contribution >= 0.6 is 7.82 Å². The fourth-order valence-corrected chi connectivity index (χ4v) is 9.97. The molecular weight excluding hydrogens is 1020 g/mol. The van der Waals surface area contributed by atoms with Crippen LogP contribution in [0.2, 0.25) is 0 Å². The van der Waals surface area contributed by atoms with Crippen LogP contribution in [0.1, 0.15) is 277 Å². The van der Waals surface area contributed by atoms with Crippen LogP contribution in [0.15, 0.2) is 122 Å². The summed E-state index contributed by atoms with van der Waals surface area (Å²) in [6.45, 7) is 4.68. The molecule has 3 atom stereocenters. The van der Waals surface area contributed by atoms with Crippen molar-refractivity contribution < 1.29 is 32.9 Å². The van der Waals surface area contributed by atoms with E-state index < -0.39 is 20.0 Å². The largest absolute Gasteiger partial charge is 0.472 e. The number of amides is 1. The molecule has 0 aliphatic rings. The molecular formula is C72H128N2O6P+. The number of allylic oxidation sites excluding steroid dienone is 19. The van der Waals surface area contributed by atoms with Gasteiger partial charge < -0.3 is 19.8 Å². The molecule has 0 aromatic carbocycles. The maximum atomic E-state index is 13.0. The number of phosphoric acid groups is 1. The maximum absolute atomic E-state index is 13.0. The van der Waals surface area contributed by atoms with Crippen LogP contribution in [0, 0.1) is 0 Å². The molecule has 9 heteroatoms. The molecule has 0 heterocycles. The standard InChI is InChI=1S/C72H127N2O6P/c1-6-8-10-12-14-16-18-20-22-24-26-28-30-32-34-36-37-38-40-42-44-46-48-50-52-54-56-58-60-62-64-66-72(76)73-70(69-80-81(77,78)79-68-67-74(3,4)5)71(75)65-63-61-59-57-55-53-51-49-47-45-43-41-39-35-33-31-29-27-25-23-21-19-17-15-13-11-9-7-2/h8,10,14,16,20,22,26,28,32,34,37-38,42,44,47,49,55,57,63,65,70-71,75H,6-7,9,11-13,15,17-19,21,23-25,27,29-31,33,35-36,39-41,43,45-46,48,50-54,56,58-62,64,66-69H2,1-5H3,(H-,73,76,77,78)/p+1/b10-8-,16-14-,22-20-,28-26-,34-32-,38-37-,44-42-,49-47+,57-55+,65-63+. The van der Waals surface area contributed by atoms with E-state index in [4.69, 9.17) is 9.05 Å². The van der Waals surface area contributed by atoms with Crippen molar-refractivity contribution in [1.29, 1.82) is 0 Å². The lowest BCUT2D eigenvalue weighted by Crippen LogP contribution is -2.45. The number of hydrogen-bond donors (Lipinski definition) is 3. The first-order valence-electron chi connectivity index (χ1n) is 33.4. The molecule has 81 heavy (non-hydrogen) atoms. The summed E-state index contributed by atoms with van der Waals surface area (Å²) in [5, 5.41) is 14.0. The zero-order chi connectivity index (χ0) is 59.1. The van der Waals surface area contributed by atoms with E-state index in [1.54, 1.807) is 6.08 Å². The van der Waals surface area contributed by atoms with Crippen LogP contribution in [0.25, 0.3) is 0 Å². The van der Waals surface area contributed by atoms with Crippen molar-refractivity contribution in [3.8, 4) is 0 Å². The van der Waals surface area contributed by atoms with E-state index in [0.29, 0.717) is 17.4 Å². The van der Waals surface area contributed by atoms with Gasteiger partial charge in [0.25, 0.3) is 0 Å². The molecule has 8 nitrogen and oxygen atoms in total. The summed E-state index contributed by atoms with van der Waals surface area (Å²) in [5.74, 6) is -0.200. The molecule has 0 fully saturated rings. The van der Waals surface area contributed by atoms with Gasteiger partial charge in [-0.15, -0.1) is 0 Å². The van der Waals surface area contributed by atoms with Crippen LogP contribution < -0.4 is 5.32 Å². The Bertz CT molecular complexity index is 1730. The van der Waals surface area contributed by atoms with Gasteiger partial charge in [-0.3, -0.25) is 13.8 Å². The highest BCUT2D eigenvalue weighted by atomic mass is 31.2. The lowest BCUT2D eigenvalue weighted by Gasteiger charge is -2.25. The van der Waals surface area contributed by atoms with Gasteiger partial charge in [-0.05, 0) is 103 Å². The molecule has 0 aromatic heterocycles. The van der Waals surface area contributed by atoms with Crippen molar-refractivity contribution >= 4 is 13.7 Å². The Kier molecular flexibility index (Phi) is 59.1. The third kappa shape index (κ3) is 64.3. The number of aliphatic hydroxyl groups excluding tert-OH is 1. The fourth-order valence-electron chi connectivity index (χ4n) is 9.23. The number of carbonyl (C=O) groups excluding carboxylic acids is 1. The Morgan fingerprint density at radius 1 is 0.432 bits per heavy atom. The second-order valence-electron chi connectivity index (χ2n) is 23.4. The third-order valence-electron chi connectivity index (χ3n) is 14.4. The Hall–Kier alpha value is -3.10. The minimum Gasteiger partial charge on any atom is -0.387 e. The lowest BCUT2D eigenvalue weighted by molar-refractivity contribution is -0.870. The number of nitrogens with zero attached hydrogens (tertiary/aromatic N) is 1. The Labute approximate surface area is 501 Å². The highest BCUT2D eigenvalue weighted by Crippen LogP contribution is 2.43. The zero-order valence-electron chi connectivity index (χ0n) is 53.2. The first-order valence-corrected chi connectivity index (χ1v) is 34.9. The molecule has 1 amide bonds. The van der Waals surface area contributed by atoms with Crippen molar-refractivity contribution in [2.24, 2.45) is 0 Å². The number of phosphoric ester groups is 1. The third-order valence-corrected chi connectivity index (χ3v) is 15.4. The van der Waals surface area contributed by atoms with Gasteiger partial charge in [0.15, 0.2) is 0 Å². The van der Waals surface area contributed by atoms with Crippen LogP contribution in [0.4, 0.5) is 0 Å². The molecule has 0 bridgehead atoms. The van der Waals surface area contributed by atoms with E-state index in [-0.39, 0.29) is 19.1 Å². The number of unbranched alkanes of at least 4 members (excludes halogenated alkanes) is 29. The number of likely N-dealkylation sites (N-methyl/N-ethyl adjacent to an activating group) is 1. The topological polar surface area (TPSA) is 105 Å². The van der Waals surface area contributed by atoms with Gasteiger partial charge >= 0.3 is 7.82 Å². The van der Waals surface area contributed by atoms with Gasteiger partial charge in [0.1, 0.15) is 13.2 Å². The summed E-state index contributed by atoms with van der Waals surface area (Å²) in [6, 6.07) is -0.884. The maximum Gasteiger partial charge on any atom is 0.472 e. The normalized spacial score (nSPS) is 14.5. The average molecular weight is 1150 g/mol. The van der Waals surface area contributed by atoms with Crippen LogP contribution in [0.5, 0.6) is 0 Å². The summed E-state index contributed by atoms with van der Waals surface area (Å²) in [6.07, 6.45) is 91.9. The van der Waals surface area contributed by atoms with Crippen molar-refractivity contribution in [3.05, 3.63) is 122 Å². The van der Waals surface area contributed by atoms with Crippen LogP contribution in [-0.4, -0.2) is 73.4 Å². The summed E-state index contributed by atoms with van der Waals surface area (Å²) in [4.78, 5) is 23.4. The van der Waals surface area contributed by atoms with Crippen LogP contribution in [0.3, 0.4) is 0 Å². The Morgan fingerprint density at radius 3 is 1.14 bits per heavy atom. The molecule has 0 aromatic rings. The van der Waals surface area contributed by atoms with Gasteiger partial charge in [0.05, 0.1) is 39.9 Å². The summed E-state index contributed by atoms with van der Waals surface area (Å²) < 4.78 is 23.8. The second kappa shape index (κ2) is 61.5. The van der Waals surface area contributed by atoms with Gasteiger partial charge in [-0.25, -0.2) is 4.57 Å². The number of rotatable bonds is 60. The van der Waals surface area contributed by atoms with E-state index in [1.807, 2.05) is 27.2 Å². The molecule has 0 aliphatic heterocycles. The van der Waals surface area contributed by atoms with E-state index in [1.165, 1.54) is 161 Å². The molecule has 3 unspecified atom stereocenters. The van der Waals surface area contributed by atoms with E-state index in [2.05, 4.69) is 129 Å². The van der Waals surface area contributed by atoms with E-state index in [0.717, 1.165) is 96.3 Å². The van der Waals surface area contributed by atoms with Crippen molar-refractivity contribution in [2.45, 2.75) is 289 Å². The number of hydrogen-bond acceptors (Lipinski definition) is 5. The van der Waals surface area contributed by atoms with Gasteiger partial charge in [0.2, 0.25) is 5.91 Å². The summed E-state index contributed by atoms with van der Waals surface area (Å²) in [5.41, 5.74) is 0. The molecule has 0 spiro atoms. The minimum absolute atomic E-state index is 0.0463. The fraction of sp³-hybridized carbons (Fsp3) is 0.708. The number of nitrogens with one attached hydrogen (secondary N) is 1. The van der Waals surface area contributed by atoms with E-state index >= 15 is 0 Å². The van der Waals surface area contributed by atoms with Gasteiger partial charge in [-0.2, -0.15) is 0 Å². The highest BCUT2D eigenvalue weighted by Gasteiger charge is 2.27. The van der Waals surface area contributed by atoms with Crippen molar-refractivity contribution in [1.82, 2.24) is 5.32 Å². The smallest absolute Gasteiger partial charge is 0.387 e. The van der Waals surface area contributed by atoms with Gasteiger partial charge in [-0.1, -0.05) is 289 Å². The zero-order valence-corrected chi connectivity index (χ0v) is 54.1. The first kappa shape index (κ1) is 77.9. The monoisotopic (exact) mass is 1150 g/mol. The van der Waals surface area contributed by atoms with E-state index in [9.17, 15) is 19.4 Å². The predicted octanol–water partition coefficient (Wildman–Crippen LogP) is 21.3. The molecule has 0 aliphatic carbocycles. The molecule has 0 rings (SSSR count). The van der Waals surface area contributed by atoms with Gasteiger partial charge in [0, 0.05) is 6.42 Å². The molecule has 0 saturated heterocycles. The molecule has 0 radical (unpaired) electrons. The van der Waals surface area contributed by atoms with Crippen LogP contribution in [-0.2, 0) is 18.4 Å². The SMILES string of the molecule is CC/C=C\C/C=C\C/C=C\C/C=C\C/C=C\C/C=C\C/C=C\CCCCCCCCCCCC(=O)NC(COP(=O)(O)OCC[N+](C)(C)C)C(O)/C=C/CC/C=C/CC/C=C/CCCCCCCCCCCCCCCCCCCC. The lowest BCUT2D eigenvalue weighted by atomic mass is 10.0. The highest BCUT2D eigenvalue weighted by molar-refractivity contribution is 7.47.